The van der Waals surface area contributed by atoms with Gasteiger partial charge in [0.15, 0.2) is 57.5 Å². The summed E-state index contributed by atoms with van der Waals surface area (Å²) in [7, 11) is 1.24. The number of ether oxygens (including phenoxy) is 3. The molecule has 20 rings (SSSR count). The molecule has 0 radical (unpaired) electrons. The fraction of sp³-hybridized carbons (Fsp3) is 0.358. The third-order valence-electron chi connectivity index (χ3n) is 24.8. The van der Waals surface area contributed by atoms with Crippen molar-refractivity contribution in [2.24, 2.45) is 5.73 Å². The number of ketones is 5. The van der Waals surface area contributed by atoms with Crippen molar-refractivity contribution < 1.29 is 65.7 Å². The van der Waals surface area contributed by atoms with Crippen molar-refractivity contribution in [2.45, 2.75) is 239 Å². The average molecular weight is 1940 g/mol. The number of esters is 1. The molecule has 1 fully saturated rings. The number of nitrogens with zero attached hydrogens (tertiary/aromatic N) is 15. The van der Waals surface area contributed by atoms with Gasteiger partial charge in [0.2, 0.25) is 17.2 Å². The van der Waals surface area contributed by atoms with Crippen LogP contribution in [-0.4, -0.2) is 158 Å². The van der Waals surface area contributed by atoms with E-state index in [9.17, 15) is 51.5 Å². The number of alkyl carbamates (subject to hydrolysis) is 2. The summed E-state index contributed by atoms with van der Waals surface area (Å²) in [5.41, 5.74) is 24.2. The van der Waals surface area contributed by atoms with Gasteiger partial charge >= 0.3 is 18.2 Å². The fourth-order valence-electron chi connectivity index (χ4n) is 17.3. The standard InChI is InChI=1S/2C23H23FN6O.C18H19NO3.C14H17NO3.C13H11ClFN5.C10H13NO.C4H4O2.CH4/c2*1-13(2)20-12-26-30-22(20)28-21(16-7-17(24)11-25-10-16)29-23(30)27-18-5-3-15-9-19(31)6-4-14(15)8-18;20-17-9-7-14-10-16(8-6-15(14)11-17)19-18(21)22-12-13-4-2-1-3-5-13;16-13-8-6-12(7-9-13)15-14(17)18-10-11-4-2-1-3-5-11;1-7(2)10-6-17-20-12(10)18-11(19-13(20)14)8-3-9(15)5-16-4-8;11-9-3-1-8-6-10(12)4-2-7(8)5-9;1-3-4(5)6-2;/h2*4,6-7,10-13,18H,3,5,8-9H2,1-2H3,(H,27,28,29);1-5,7,9,16H,6,8,10-12H2,(H,19,21);1-5,12H,6-10H2,(H,15,17);3-7H,1-2H3;2,4,9H,1,3,5-6,11H2;1H,2H3;1H4/t2*18-;;;;;;/m10....../s1. The first-order valence-electron chi connectivity index (χ1n) is 46.7. The highest BCUT2D eigenvalue weighted by Gasteiger charge is 2.31. The van der Waals surface area contributed by atoms with E-state index >= 15 is 0 Å². The Balaban J connectivity index is 0.000000143. The normalized spacial score (nSPS) is 17.9. The number of aromatic nitrogens is 15. The van der Waals surface area contributed by atoms with Gasteiger partial charge in [-0.1, -0.05) is 156 Å². The fourth-order valence-corrected chi connectivity index (χ4v) is 17.5. The molecule has 141 heavy (non-hydrogen) atoms. The van der Waals surface area contributed by atoms with Crippen LogP contribution in [0.15, 0.2) is 228 Å². The Morgan fingerprint density at radius 3 is 1.16 bits per heavy atom. The van der Waals surface area contributed by atoms with Crippen molar-refractivity contribution >= 4 is 87.5 Å². The molecule has 4 atom stereocenters. The summed E-state index contributed by atoms with van der Waals surface area (Å²) in [6, 6.07) is 24.0. The van der Waals surface area contributed by atoms with E-state index in [2.05, 4.69) is 120 Å². The van der Waals surface area contributed by atoms with Gasteiger partial charge < -0.3 is 41.2 Å². The Morgan fingerprint density at radius 2 is 0.787 bits per heavy atom. The topological polar surface area (TPSA) is 406 Å². The first-order valence-corrected chi connectivity index (χ1v) is 47.1. The lowest BCUT2D eigenvalue weighted by Crippen LogP contribution is -2.37. The predicted octanol–water partition coefficient (Wildman–Crippen LogP) is 19.0. The minimum absolute atomic E-state index is 0. The van der Waals surface area contributed by atoms with Crippen LogP contribution in [0.3, 0.4) is 0 Å². The van der Waals surface area contributed by atoms with Crippen molar-refractivity contribution in [3.63, 3.8) is 0 Å². The van der Waals surface area contributed by atoms with Gasteiger partial charge in [-0.3, -0.25) is 38.9 Å². The maximum Gasteiger partial charge on any atom is 0.407 e. The zero-order valence-electron chi connectivity index (χ0n) is 78.9. The molecule has 1 saturated carbocycles. The molecule has 9 aromatic heterocycles. The number of halogens is 4. The molecule has 9 heterocycles. The number of nitrogens with two attached hydrogens (primary N) is 1. The zero-order chi connectivity index (χ0) is 99.0. The second-order valence-corrected chi connectivity index (χ2v) is 36.4. The Bertz CT molecular complexity index is 6570. The minimum Gasteiger partial charge on any atom is -0.459 e. The number of anilines is 2. The third-order valence-corrected chi connectivity index (χ3v) is 25.1. The van der Waals surface area contributed by atoms with Crippen LogP contribution in [0.2, 0.25) is 5.28 Å². The maximum atomic E-state index is 13.8. The van der Waals surface area contributed by atoms with Crippen molar-refractivity contribution in [3.8, 4) is 46.5 Å². The van der Waals surface area contributed by atoms with Crippen LogP contribution in [0, 0.1) is 29.8 Å². The first kappa shape index (κ1) is 103. The molecular weight excluding hydrogens is 1820 g/mol. The number of hydrogen-bond donors (Lipinski definition) is 5. The second kappa shape index (κ2) is 49.0. The van der Waals surface area contributed by atoms with E-state index in [-0.39, 0.29) is 103 Å². The Morgan fingerprint density at radius 1 is 0.447 bits per heavy atom. The van der Waals surface area contributed by atoms with Crippen LogP contribution >= 0.6 is 11.6 Å². The average Bonchev–Trinajstić information content (AvgIpc) is 1.63. The molecule has 11 aromatic rings. The number of Topliss-reactive ketones (excluding diaryl/α,β-unsaturated/α-hetero) is 1. The van der Waals surface area contributed by atoms with E-state index in [1.165, 1.54) is 80.6 Å². The molecular formula is C106H114ClF3N20O11. The minimum atomic E-state index is -0.630. The number of allylic oxidation sites excluding steroid dienone is 12. The summed E-state index contributed by atoms with van der Waals surface area (Å²) < 4.78 is 60.1. The van der Waals surface area contributed by atoms with Crippen molar-refractivity contribution in [1.29, 1.82) is 0 Å². The molecule has 9 aliphatic carbocycles. The molecule has 0 saturated heterocycles. The van der Waals surface area contributed by atoms with Gasteiger partial charge in [0.05, 0.1) is 44.3 Å². The van der Waals surface area contributed by atoms with E-state index in [0.717, 1.165) is 136 Å². The number of carbonyl (C=O) groups is 8. The Labute approximate surface area is 820 Å². The number of fused-ring (bicyclic) bond motifs is 3. The van der Waals surface area contributed by atoms with Crippen LogP contribution in [0.1, 0.15) is 223 Å². The van der Waals surface area contributed by atoms with Crippen molar-refractivity contribution in [1.82, 2.24) is 84.3 Å². The number of terminal acetylenes is 1. The number of rotatable bonds is 16. The number of benzene rings is 2. The molecule has 0 bridgehead atoms. The van der Waals surface area contributed by atoms with E-state index in [1.54, 1.807) is 57.8 Å². The van der Waals surface area contributed by atoms with Crippen molar-refractivity contribution in [3.05, 3.63) is 278 Å². The van der Waals surface area contributed by atoms with Gasteiger partial charge in [-0.2, -0.15) is 43.8 Å². The molecule has 31 nitrogen and oxygen atoms in total. The molecule has 35 heteroatoms. The number of carbonyl (C=O) groups excluding carboxylic acids is 8. The highest BCUT2D eigenvalue weighted by atomic mass is 35.5. The maximum absolute atomic E-state index is 13.8. The number of pyridine rings is 3. The molecule has 2 amide bonds. The summed E-state index contributed by atoms with van der Waals surface area (Å²) in [5, 5.41) is 26.1. The molecule has 0 aliphatic heterocycles. The van der Waals surface area contributed by atoms with Gasteiger partial charge in [0, 0.05) is 127 Å². The quantitative estimate of drug-likeness (QED) is 0.0259. The SMILES string of the molecule is C.C#CC(=O)OC.CC(C)c1cnn2c(Cl)nc(-c3cncc(F)c3)nc12.CC(C)c1cnn2c(N[C@@H]3CCC4=C(C=CC(=O)C4)C3)nc(-c3cncc(F)c3)nc12.CC(C)c1cnn2c(N[C@H]3CCC4=C(C=CC(=O)C4)C3)nc(-c3cncc(F)c3)nc12.NC1CCC2=C(C=CC(=O)C2)C1.O=C1C=CC2=C(CCC(NC(=O)OCc3ccccc3)C2)C1.O=C1CCC(NC(=O)OCc2ccccc2)CC1. The Kier molecular flexibility index (Phi) is 36.0. The second-order valence-electron chi connectivity index (χ2n) is 36.1. The molecule has 0 spiro atoms. The van der Waals surface area contributed by atoms with Crippen LogP contribution in [0.4, 0.5) is 34.7 Å². The summed E-state index contributed by atoms with van der Waals surface area (Å²) in [6.45, 7) is 13.0. The zero-order valence-corrected chi connectivity index (χ0v) is 79.6. The van der Waals surface area contributed by atoms with Gasteiger partial charge in [0.1, 0.15) is 36.4 Å². The van der Waals surface area contributed by atoms with Crippen LogP contribution in [-0.2, 0) is 56.2 Å². The third kappa shape index (κ3) is 28.4. The van der Waals surface area contributed by atoms with E-state index < -0.39 is 29.5 Å². The lowest BCUT2D eigenvalue weighted by Gasteiger charge is -2.28. The monoisotopic (exact) mass is 1930 g/mol. The predicted molar refractivity (Wildman–Crippen MR) is 529 cm³/mol. The van der Waals surface area contributed by atoms with E-state index in [1.807, 2.05) is 111 Å². The number of methoxy groups -OCH3 is 1. The van der Waals surface area contributed by atoms with Crippen LogP contribution in [0.25, 0.3) is 51.1 Å². The molecule has 9 aliphatic rings. The summed E-state index contributed by atoms with van der Waals surface area (Å²) in [4.78, 5) is 129. The van der Waals surface area contributed by atoms with E-state index in [4.69, 9.17) is 26.8 Å². The summed E-state index contributed by atoms with van der Waals surface area (Å²) in [5.74, 6) is 3.85. The van der Waals surface area contributed by atoms with Gasteiger partial charge in [-0.25, -0.2) is 42.5 Å². The van der Waals surface area contributed by atoms with Crippen LogP contribution in [0.5, 0.6) is 0 Å². The van der Waals surface area contributed by atoms with Crippen LogP contribution < -0.4 is 27.0 Å². The lowest BCUT2D eigenvalue weighted by molar-refractivity contribution is -0.133. The molecule has 2 unspecified atom stereocenters. The highest BCUT2D eigenvalue weighted by Crippen LogP contribution is 2.38. The largest absolute Gasteiger partial charge is 0.459 e. The lowest BCUT2D eigenvalue weighted by atomic mass is 9.83. The Hall–Kier alpha value is -15.0. The number of nitrogens with one attached hydrogen (secondary N) is 4. The van der Waals surface area contributed by atoms with Gasteiger partial charge in [-0.05, 0) is 195 Å². The van der Waals surface area contributed by atoms with Gasteiger partial charge in [-0.15, -0.1) is 6.42 Å². The number of amides is 2. The number of hydrogen-bond acceptors (Lipinski definition) is 26. The highest BCUT2D eigenvalue weighted by molar-refractivity contribution is 6.28. The van der Waals surface area contributed by atoms with E-state index in [0.29, 0.717) is 108 Å². The smallest absolute Gasteiger partial charge is 0.407 e. The molecule has 6 N–H and O–H groups in total. The summed E-state index contributed by atoms with van der Waals surface area (Å²) in [6.07, 6.45) is 47.1. The molecule has 732 valence electrons. The summed E-state index contributed by atoms with van der Waals surface area (Å²) >= 11 is 6.11. The first-order chi connectivity index (χ1) is 67.5. The van der Waals surface area contributed by atoms with Gasteiger partial charge in [0.25, 0.3) is 0 Å². The van der Waals surface area contributed by atoms with Crippen molar-refractivity contribution in [2.75, 3.05) is 17.7 Å². The molecule has 2 aromatic carbocycles.